The molecule has 14 aromatic rings. The molecule has 16 rings (SSSR count). The maximum Gasteiger partial charge on any atom is 0.137 e. The lowest BCUT2D eigenvalue weighted by Gasteiger charge is -2.34. The minimum atomic E-state index is -0.442. The number of nitrogens with zero attached hydrogens (tertiary/aromatic N) is 2. The van der Waals surface area contributed by atoms with Crippen LogP contribution in [0.1, 0.15) is 47.2 Å². The van der Waals surface area contributed by atoms with Crippen LogP contribution in [0.2, 0.25) is 0 Å². The molecule has 2 aromatic heterocycles. The van der Waals surface area contributed by atoms with E-state index in [1.807, 2.05) is 6.07 Å². The third kappa shape index (κ3) is 6.73. The van der Waals surface area contributed by atoms with Gasteiger partial charge in [-0.15, -0.1) is 0 Å². The molecule has 2 aliphatic rings. The van der Waals surface area contributed by atoms with Gasteiger partial charge in [0.05, 0.1) is 16.4 Å². The van der Waals surface area contributed by atoms with Crippen LogP contribution in [-0.4, -0.2) is 4.57 Å². The predicted molar refractivity (Wildman–Crippen MR) is 328 cm³/mol. The summed E-state index contributed by atoms with van der Waals surface area (Å²) in [5.74, 6) is 0. The van der Waals surface area contributed by atoms with Crippen LogP contribution in [0, 0.1) is 0 Å². The van der Waals surface area contributed by atoms with Crippen molar-refractivity contribution < 1.29 is 4.42 Å². The van der Waals surface area contributed by atoms with E-state index in [4.69, 9.17) is 4.42 Å². The fraction of sp³-hybridized carbons (Fsp3) is 0.0526. The minimum Gasteiger partial charge on any atom is -0.456 e. The van der Waals surface area contributed by atoms with E-state index < -0.39 is 5.41 Å². The third-order valence-corrected chi connectivity index (χ3v) is 17.5. The van der Waals surface area contributed by atoms with Gasteiger partial charge < -0.3 is 13.9 Å². The lowest BCUT2D eigenvalue weighted by molar-refractivity contribution is 0.660. The van der Waals surface area contributed by atoms with Crippen molar-refractivity contribution in [2.45, 2.75) is 24.7 Å². The number of rotatable bonds is 8. The van der Waals surface area contributed by atoms with E-state index in [0.29, 0.717) is 0 Å². The molecule has 0 N–H and O–H groups in total. The normalized spacial score (nSPS) is 13.6. The number of hydrogen-bond acceptors (Lipinski definition) is 2. The summed E-state index contributed by atoms with van der Waals surface area (Å²) < 4.78 is 8.92. The first-order valence-corrected chi connectivity index (χ1v) is 27.5. The smallest absolute Gasteiger partial charge is 0.137 e. The van der Waals surface area contributed by atoms with E-state index in [0.717, 1.165) is 55.8 Å². The zero-order valence-corrected chi connectivity index (χ0v) is 43.9. The van der Waals surface area contributed by atoms with Gasteiger partial charge in [-0.05, 0) is 157 Å². The van der Waals surface area contributed by atoms with E-state index in [2.05, 4.69) is 296 Å². The fourth-order valence-electron chi connectivity index (χ4n) is 13.8. The first kappa shape index (κ1) is 45.3. The van der Waals surface area contributed by atoms with Crippen LogP contribution in [0.15, 0.2) is 283 Å². The summed E-state index contributed by atoms with van der Waals surface area (Å²) in [7, 11) is 0. The summed E-state index contributed by atoms with van der Waals surface area (Å²) >= 11 is 0. The highest BCUT2D eigenvalue weighted by Crippen LogP contribution is 2.56. The molecule has 0 atom stereocenters. The Morgan fingerprint density at radius 2 is 0.785 bits per heavy atom. The Bertz CT molecular complexity index is 4690. The molecule has 0 aliphatic heterocycles. The molecule has 0 bridgehead atoms. The molecule has 0 spiro atoms. The number of hydrogen-bond donors (Lipinski definition) is 0. The highest BCUT2D eigenvalue weighted by atomic mass is 16.3. The highest BCUT2D eigenvalue weighted by Gasteiger charge is 2.46. The summed E-state index contributed by atoms with van der Waals surface area (Å²) in [5.41, 5.74) is 25.7. The molecule has 3 heteroatoms. The van der Waals surface area contributed by atoms with E-state index in [1.54, 1.807) is 0 Å². The number of furan rings is 1. The van der Waals surface area contributed by atoms with Gasteiger partial charge >= 0.3 is 0 Å². The molecule has 79 heavy (non-hydrogen) atoms. The Labute approximate surface area is 459 Å². The summed E-state index contributed by atoms with van der Waals surface area (Å²) in [5, 5.41) is 4.66. The second-order valence-corrected chi connectivity index (χ2v) is 22.0. The van der Waals surface area contributed by atoms with Crippen molar-refractivity contribution in [1.29, 1.82) is 0 Å². The zero-order valence-electron chi connectivity index (χ0n) is 43.9. The molecular weight excluding hydrogens is 957 g/mol. The summed E-state index contributed by atoms with van der Waals surface area (Å²) in [6, 6.07) is 103. The van der Waals surface area contributed by atoms with E-state index >= 15 is 0 Å². The first-order valence-electron chi connectivity index (χ1n) is 27.5. The number of aromatic nitrogens is 1. The Hall–Kier alpha value is -9.96. The molecular formula is C76H52N2O. The van der Waals surface area contributed by atoms with Gasteiger partial charge in [0.2, 0.25) is 0 Å². The quantitative estimate of drug-likeness (QED) is 0.151. The molecule has 0 amide bonds. The van der Waals surface area contributed by atoms with E-state index in [1.165, 1.54) is 88.6 Å². The fourth-order valence-corrected chi connectivity index (χ4v) is 13.8. The molecule has 2 heterocycles. The lowest BCUT2D eigenvalue weighted by atomic mass is 9.67. The number of anilines is 3. The molecule has 0 fully saturated rings. The van der Waals surface area contributed by atoms with Crippen LogP contribution in [0.25, 0.3) is 93.9 Å². The second kappa shape index (κ2) is 17.3. The molecule has 3 nitrogen and oxygen atoms in total. The van der Waals surface area contributed by atoms with Gasteiger partial charge in [-0.3, -0.25) is 0 Å². The van der Waals surface area contributed by atoms with Gasteiger partial charge in [0, 0.05) is 55.8 Å². The number of para-hydroxylation sites is 2. The standard InChI is InChI=1S/C76H52N2O/c1-75(2)67-25-13-9-23-61(67)64-47-57(40-42-68(64)75)77(58-39-41-63-62-24-12-16-28-73(62)79-74(63)48-58)56-37-31-50(32-38-56)52-34-44-72-66(46-52)65-45-51(33-43-71(65)78(72)55-19-7-4-8-20-55)49-29-35-54(36-30-49)76(53-17-5-3-6-18-53)69-26-14-10-21-59(69)60-22-11-15-27-70(60)76/h3-48H,1-2H3. The topological polar surface area (TPSA) is 21.3 Å². The monoisotopic (exact) mass is 1010 g/mol. The summed E-state index contributed by atoms with van der Waals surface area (Å²) in [6.07, 6.45) is 0. The van der Waals surface area contributed by atoms with Crippen molar-refractivity contribution in [2.24, 2.45) is 0 Å². The number of fused-ring (bicyclic) bond motifs is 12. The molecule has 0 saturated heterocycles. The van der Waals surface area contributed by atoms with E-state index in [9.17, 15) is 0 Å². The average molecular weight is 1010 g/mol. The Morgan fingerprint density at radius 3 is 1.44 bits per heavy atom. The predicted octanol–water partition coefficient (Wildman–Crippen LogP) is 20.2. The van der Waals surface area contributed by atoms with Gasteiger partial charge in [0.25, 0.3) is 0 Å². The Balaban J connectivity index is 0.806. The molecule has 2 aliphatic carbocycles. The molecule has 0 radical (unpaired) electrons. The summed E-state index contributed by atoms with van der Waals surface area (Å²) in [6.45, 7) is 4.68. The van der Waals surface area contributed by atoms with Crippen LogP contribution in [0.3, 0.4) is 0 Å². The largest absolute Gasteiger partial charge is 0.456 e. The van der Waals surface area contributed by atoms with Crippen molar-refractivity contribution in [2.75, 3.05) is 4.90 Å². The molecule has 0 unspecified atom stereocenters. The molecule has 0 saturated carbocycles. The van der Waals surface area contributed by atoms with Gasteiger partial charge in [-0.25, -0.2) is 0 Å². The lowest BCUT2D eigenvalue weighted by Crippen LogP contribution is -2.28. The summed E-state index contributed by atoms with van der Waals surface area (Å²) in [4.78, 5) is 2.38. The zero-order chi connectivity index (χ0) is 52.4. The maximum absolute atomic E-state index is 6.50. The van der Waals surface area contributed by atoms with Crippen LogP contribution in [0.4, 0.5) is 17.1 Å². The van der Waals surface area contributed by atoms with Crippen molar-refractivity contribution in [1.82, 2.24) is 4.57 Å². The third-order valence-electron chi connectivity index (χ3n) is 17.5. The maximum atomic E-state index is 6.50. The SMILES string of the molecule is CC1(C)c2ccccc2-c2cc(N(c3ccc(-c4ccc5c(c4)c4cc(-c6ccc(C7(c8ccccc8)c8ccccc8-c8ccccc87)cc6)ccc4n5-c4ccccc4)cc3)c3ccc4c(c3)oc3ccccc34)ccc21. The van der Waals surface area contributed by atoms with Crippen molar-refractivity contribution in [3.8, 4) is 50.2 Å². The van der Waals surface area contributed by atoms with Gasteiger partial charge in [0.15, 0.2) is 0 Å². The second-order valence-electron chi connectivity index (χ2n) is 22.0. The van der Waals surface area contributed by atoms with Crippen LogP contribution < -0.4 is 4.90 Å². The van der Waals surface area contributed by atoms with Crippen LogP contribution in [0.5, 0.6) is 0 Å². The van der Waals surface area contributed by atoms with Crippen molar-refractivity contribution in [3.63, 3.8) is 0 Å². The molecule has 372 valence electrons. The van der Waals surface area contributed by atoms with Gasteiger partial charge in [-0.2, -0.15) is 0 Å². The average Bonchev–Trinajstić information content (AvgIpc) is 4.36. The molecule has 12 aromatic carbocycles. The van der Waals surface area contributed by atoms with Crippen molar-refractivity contribution >= 4 is 60.8 Å². The minimum absolute atomic E-state index is 0.0881. The van der Waals surface area contributed by atoms with E-state index in [-0.39, 0.29) is 5.41 Å². The van der Waals surface area contributed by atoms with Gasteiger partial charge in [-0.1, -0.05) is 208 Å². The highest BCUT2D eigenvalue weighted by molar-refractivity contribution is 6.12. The first-order chi connectivity index (χ1) is 38.9. The van der Waals surface area contributed by atoms with Crippen molar-refractivity contribution in [3.05, 3.63) is 312 Å². The van der Waals surface area contributed by atoms with Crippen LogP contribution in [-0.2, 0) is 10.8 Å². The van der Waals surface area contributed by atoms with Gasteiger partial charge in [0.1, 0.15) is 11.2 Å². The Kier molecular flexibility index (Phi) is 9.90. The van der Waals surface area contributed by atoms with Crippen LogP contribution >= 0.6 is 0 Å². The number of benzene rings is 12. The Morgan fingerprint density at radius 1 is 0.316 bits per heavy atom.